The first-order valence-electron chi connectivity index (χ1n) is 9.76. The van der Waals surface area contributed by atoms with Crippen LogP contribution in [-0.4, -0.2) is 11.7 Å². The van der Waals surface area contributed by atoms with Gasteiger partial charge in [-0.05, 0) is 42.8 Å². The summed E-state index contributed by atoms with van der Waals surface area (Å²) in [6, 6.07) is 20.6. The summed E-state index contributed by atoms with van der Waals surface area (Å²) < 4.78 is 5.57. The average molecular weight is 441 g/mol. The maximum Gasteiger partial charge on any atom is 0.162 e. The first-order valence-corrected chi connectivity index (χ1v) is 10.5. The highest BCUT2D eigenvalue weighted by atomic mass is 35.5. The van der Waals surface area contributed by atoms with Crippen molar-refractivity contribution in [3.05, 3.63) is 99.5 Å². The van der Waals surface area contributed by atoms with E-state index in [4.69, 9.17) is 27.9 Å². The lowest BCUT2D eigenvalue weighted by atomic mass is 9.97. The van der Waals surface area contributed by atoms with E-state index >= 15 is 0 Å². The Morgan fingerprint density at radius 2 is 1.67 bits per heavy atom. The molecule has 6 heteroatoms. The van der Waals surface area contributed by atoms with Crippen LogP contribution >= 0.6 is 23.2 Å². The highest BCUT2D eigenvalue weighted by Crippen LogP contribution is 2.38. The molecule has 3 aromatic rings. The molecule has 0 saturated heterocycles. The fraction of sp³-hybridized carbons (Fsp3) is 0.167. The van der Waals surface area contributed by atoms with E-state index in [1.54, 1.807) is 6.07 Å². The van der Waals surface area contributed by atoms with E-state index in [0.717, 1.165) is 22.4 Å². The standard InChI is InChI=1S/C24H22Cl2N2O2/c1-2-30-22-9-5-7-18(23(22)29)21-14-20(15-10-12-16(25)13-11-15)27-24(28-21)17-6-3-4-8-19(17)26/h3-14,21,24,27-29H,2H2,1H3. The normalized spacial score (nSPS) is 18.4. The Labute approximate surface area is 186 Å². The fourth-order valence-electron chi connectivity index (χ4n) is 3.57. The van der Waals surface area contributed by atoms with Gasteiger partial charge in [-0.2, -0.15) is 0 Å². The lowest BCUT2D eigenvalue weighted by molar-refractivity contribution is 0.314. The first kappa shape index (κ1) is 20.6. The van der Waals surface area contributed by atoms with Crippen LogP contribution in [0.15, 0.2) is 72.8 Å². The zero-order valence-corrected chi connectivity index (χ0v) is 17.9. The number of halogens is 2. The van der Waals surface area contributed by atoms with E-state index in [2.05, 4.69) is 10.6 Å². The van der Waals surface area contributed by atoms with E-state index < -0.39 is 0 Å². The van der Waals surface area contributed by atoms with Gasteiger partial charge in [0.2, 0.25) is 0 Å². The summed E-state index contributed by atoms with van der Waals surface area (Å²) in [5.74, 6) is 0.592. The molecule has 154 valence electrons. The molecule has 1 heterocycles. The Morgan fingerprint density at radius 3 is 2.40 bits per heavy atom. The van der Waals surface area contributed by atoms with Gasteiger partial charge < -0.3 is 15.2 Å². The van der Waals surface area contributed by atoms with Crippen molar-refractivity contribution in [3.8, 4) is 11.5 Å². The van der Waals surface area contributed by atoms with Crippen LogP contribution in [0.5, 0.6) is 11.5 Å². The number of hydrogen-bond donors (Lipinski definition) is 3. The summed E-state index contributed by atoms with van der Waals surface area (Å²) in [6.07, 6.45) is 1.79. The number of rotatable bonds is 5. The molecular formula is C24H22Cl2N2O2. The van der Waals surface area contributed by atoms with E-state index in [-0.39, 0.29) is 18.0 Å². The molecule has 30 heavy (non-hydrogen) atoms. The van der Waals surface area contributed by atoms with E-state index in [0.29, 0.717) is 22.4 Å². The summed E-state index contributed by atoms with van der Waals surface area (Å²) in [4.78, 5) is 0. The van der Waals surface area contributed by atoms with Gasteiger partial charge in [0.15, 0.2) is 11.5 Å². The number of phenols is 1. The second-order valence-electron chi connectivity index (χ2n) is 6.96. The van der Waals surface area contributed by atoms with E-state index in [1.165, 1.54) is 0 Å². The van der Waals surface area contributed by atoms with Gasteiger partial charge >= 0.3 is 0 Å². The summed E-state index contributed by atoms with van der Waals surface area (Å²) in [5, 5.41) is 19.2. The molecule has 2 atom stereocenters. The van der Waals surface area contributed by atoms with Crippen molar-refractivity contribution in [3.63, 3.8) is 0 Å². The maximum absolute atomic E-state index is 10.8. The number of nitrogens with one attached hydrogen (secondary N) is 2. The van der Waals surface area contributed by atoms with Crippen LogP contribution in [-0.2, 0) is 0 Å². The van der Waals surface area contributed by atoms with Gasteiger partial charge in [0, 0.05) is 26.9 Å². The molecule has 0 spiro atoms. The number of para-hydroxylation sites is 1. The van der Waals surface area contributed by atoms with Gasteiger partial charge in [0.25, 0.3) is 0 Å². The second kappa shape index (κ2) is 9.00. The van der Waals surface area contributed by atoms with Crippen LogP contribution in [0.2, 0.25) is 10.0 Å². The molecule has 3 aromatic carbocycles. The zero-order valence-electron chi connectivity index (χ0n) is 16.4. The third-order valence-corrected chi connectivity index (χ3v) is 5.61. The van der Waals surface area contributed by atoms with Gasteiger partial charge in [-0.15, -0.1) is 0 Å². The third kappa shape index (κ3) is 4.26. The molecule has 0 aromatic heterocycles. The quantitative estimate of drug-likeness (QED) is 0.450. The minimum absolute atomic E-state index is 0.128. The minimum atomic E-state index is -0.265. The molecule has 1 aliphatic rings. The molecule has 4 rings (SSSR count). The van der Waals surface area contributed by atoms with Crippen molar-refractivity contribution in [2.75, 3.05) is 6.61 Å². The highest BCUT2D eigenvalue weighted by molar-refractivity contribution is 6.31. The first-order chi connectivity index (χ1) is 14.6. The fourth-order valence-corrected chi connectivity index (χ4v) is 3.94. The topological polar surface area (TPSA) is 53.5 Å². The van der Waals surface area contributed by atoms with Gasteiger partial charge in [-0.1, -0.05) is 65.7 Å². The van der Waals surface area contributed by atoms with Gasteiger partial charge in [0.1, 0.15) is 6.17 Å². The molecule has 1 aliphatic heterocycles. The van der Waals surface area contributed by atoms with Gasteiger partial charge in [-0.3, -0.25) is 5.32 Å². The number of aromatic hydroxyl groups is 1. The second-order valence-corrected chi connectivity index (χ2v) is 7.80. The Kier molecular flexibility index (Phi) is 6.18. The number of ether oxygens (including phenoxy) is 1. The van der Waals surface area contributed by atoms with Crippen LogP contribution in [0, 0.1) is 0 Å². The van der Waals surface area contributed by atoms with Crippen LogP contribution in [0.3, 0.4) is 0 Å². The largest absolute Gasteiger partial charge is 0.504 e. The molecule has 3 N–H and O–H groups in total. The van der Waals surface area contributed by atoms with Crippen LogP contribution in [0.25, 0.3) is 5.70 Å². The number of benzene rings is 3. The molecule has 0 aliphatic carbocycles. The SMILES string of the molecule is CCOc1cccc(C2C=C(c3ccc(Cl)cc3)NC(c3ccccc3Cl)N2)c1O. The van der Waals surface area contributed by atoms with Crippen LogP contribution < -0.4 is 15.4 Å². The summed E-state index contributed by atoms with van der Waals surface area (Å²) in [5.41, 5.74) is 3.56. The van der Waals surface area contributed by atoms with E-state index in [9.17, 15) is 5.11 Å². The molecule has 0 saturated carbocycles. The summed E-state index contributed by atoms with van der Waals surface area (Å²) in [7, 11) is 0. The Hall–Kier alpha value is -2.66. The van der Waals surface area contributed by atoms with Crippen molar-refractivity contribution in [2.45, 2.75) is 19.1 Å². The van der Waals surface area contributed by atoms with Crippen molar-refractivity contribution in [1.29, 1.82) is 0 Å². The zero-order chi connectivity index (χ0) is 21.1. The highest BCUT2D eigenvalue weighted by Gasteiger charge is 2.27. The predicted molar refractivity (Wildman–Crippen MR) is 122 cm³/mol. The summed E-state index contributed by atoms with van der Waals surface area (Å²) in [6.45, 7) is 2.37. The number of hydrogen-bond acceptors (Lipinski definition) is 4. The molecule has 2 unspecified atom stereocenters. The Morgan fingerprint density at radius 1 is 0.933 bits per heavy atom. The average Bonchev–Trinajstić information content (AvgIpc) is 2.76. The van der Waals surface area contributed by atoms with Gasteiger partial charge in [-0.25, -0.2) is 0 Å². The van der Waals surface area contributed by atoms with Crippen molar-refractivity contribution in [1.82, 2.24) is 10.6 Å². The lowest BCUT2D eigenvalue weighted by Gasteiger charge is -2.34. The molecule has 4 nitrogen and oxygen atoms in total. The molecule has 0 radical (unpaired) electrons. The Bertz CT molecular complexity index is 1070. The molecule has 0 amide bonds. The van der Waals surface area contributed by atoms with E-state index in [1.807, 2.05) is 73.7 Å². The minimum Gasteiger partial charge on any atom is -0.504 e. The maximum atomic E-state index is 10.8. The number of phenolic OH excluding ortho intramolecular Hbond substituents is 1. The summed E-state index contributed by atoms with van der Waals surface area (Å²) >= 11 is 12.5. The Balaban J connectivity index is 1.78. The van der Waals surface area contributed by atoms with Crippen LogP contribution in [0.1, 0.15) is 35.8 Å². The van der Waals surface area contributed by atoms with Crippen molar-refractivity contribution >= 4 is 28.9 Å². The smallest absolute Gasteiger partial charge is 0.162 e. The third-order valence-electron chi connectivity index (χ3n) is 5.02. The van der Waals surface area contributed by atoms with Crippen LogP contribution in [0.4, 0.5) is 0 Å². The molecule has 0 bridgehead atoms. The lowest BCUT2D eigenvalue weighted by Crippen LogP contribution is -2.39. The van der Waals surface area contributed by atoms with Crippen molar-refractivity contribution in [2.24, 2.45) is 0 Å². The van der Waals surface area contributed by atoms with Gasteiger partial charge in [0.05, 0.1) is 12.6 Å². The molecule has 0 fully saturated rings. The van der Waals surface area contributed by atoms with Crippen molar-refractivity contribution < 1.29 is 9.84 Å². The predicted octanol–water partition coefficient (Wildman–Crippen LogP) is 6.07. The molecular weight excluding hydrogens is 419 g/mol. The monoisotopic (exact) mass is 440 g/mol.